The number of hydrogen-bond donors (Lipinski definition) is 1. The molecule has 0 amide bonds. The molecule has 0 saturated heterocycles. The van der Waals surface area contributed by atoms with E-state index in [0.29, 0.717) is 12.1 Å². The topological polar surface area (TPSA) is 29.3 Å². The Morgan fingerprint density at radius 3 is 2.38 bits per heavy atom. The standard InChI is InChI=1S/C19H32N2/c1-5-18(20)19(17-9-7-6-8-15(17)3)21(4)16-12-10-14(2)11-13-16/h6-9,14,16,18-19H,5,10-13,20H2,1-4H3. The molecule has 21 heavy (non-hydrogen) atoms. The molecule has 2 N–H and O–H groups in total. The van der Waals surface area contributed by atoms with E-state index in [1.165, 1.54) is 36.8 Å². The Balaban J connectivity index is 2.22. The minimum absolute atomic E-state index is 0.204. The van der Waals surface area contributed by atoms with Crippen LogP contribution in [0.1, 0.15) is 63.1 Å². The van der Waals surface area contributed by atoms with Gasteiger partial charge in [-0.3, -0.25) is 4.90 Å². The van der Waals surface area contributed by atoms with Crippen LogP contribution in [0.2, 0.25) is 0 Å². The Morgan fingerprint density at radius 2 is 1.81 bits per heavy atom. The van der Waals surface area contributed by atoms with Crippen LogP contribution in [0.5, 0.6) is 0 Å². The summed E-state index contributed by atoms with van der Waals surface area (Å²) in [5, 5.41) is 0. The minimum atomic E-state index is 0.204. The molecule has 1 saturated carbocycles. The molecular formula is C19H32N2. The van der Waals surface area contributed by atoms with Crippen LogP contribution in [0, 0.1) is 12.8 Å². The maximum Gasteiger partial charge on any atom is 0.0501 e. The molecule has 0 radical (unpaired) electrons. The van der Waals surface area contributed by atoms with Crippen molar-refractivity contribution in [1.29, 1.82) is 0 Å². The third-order valence-electron chi connectivity index (χ3n) is 5.38. The van der Waals surface area contributed by atoms with E-state index >= 15 is 0 Å². The lowest BCUT2D eigenvalue weighted by molar-refractivity contribution is 0.106. The number of rotatable bonds is 5. The molecule has 2 rings (SSSR count). The monoisotopic (exact) mass is 288 g/mol. The third-order valence-corrected chi connectivity index (χ3v) is 5.38. The first-order valence-electron chi connectivity index (χ1n) is 8.57. The van der Waals surface area contributed by atoms with Crippen LogP contribution in [-0.2, 0) is 0 Å². The van der Waals surface area contributed by atoms with E-state index in [4.69, 9.17) is 5.73 Å². The highest BCUT2D eigenvalue weighted by molar-refractivity contribution is 5.30. The first kappa shape index (κ1) is 16.5. The van der Waals surface area contributed by atoms with E-state index in [9.17, 15) is 0 Å². The molecule has 2 nitrogen and oxygen atoms in total. The highest BCUT2D eigenvalue weighted by Crippen LogP contribution is 2.34. The van der Waals surface area contributed by atoms with Crippen LogP contribution >= 0.6 is 0 Å². The Morgan fingerprint density at radius 1 is 1.19 bits per heavy atom. The summed E-state index contributed by atoms with van der Waals surface area (Å²) in [6.45, 7) is 6.79. The molecule has 0 spiro atoms. The fourth-order valence-electron chi connectivity index (χ4n) is 3.77. The summed E-state index contributed by atoms with van der Waals surface area (Å²) in [4.78, 5) is 2.57. The van der Waals surface area contributed by atoms with E-state index in [0.717, 1.165) is 12.3 Å². The molecule has 0 aliphatic heterocycles. The van der Waals surface area contributed by atoms with Crippen LogP contribution in [0.25, 0.3) is 0 Å². The van der Waals surface area contributed by atoms with Gasteiger partial charge < -0.3 is 5.73 Å². The Hall–Kier alpha value is -0.860. The van der Waals surface area contributed by atoms with Gasteiger partial charge in [0.25, 0.3) is 0 Å². The average Bonchev–Trinajstić information content (AvgIpc) is 2.49. The van der Waals surface area contributed by atoms with Crippen molar-refractivity contribution in [3.05, 3.63) is 35.4 Å². The maximum atomic E-state index is 6.51. The zero-order valence-corrected chi connectivity index (χ0v) is 14.2. The number of hydrogen-bond acceptors (Lipinski definition) is 2. The van der Waals surface area contributed by atoms with Gasteiger partial charge in [0.05, 0.1) is 6.04 Å². The van der Waals surface area contributed by atoms with Gasteiger partial charge >= 0.3 is 0 Å². The maximum absolute atomic E-state index is 6.51. The molecule has 0 aromatic heterocycles. The molecule has 1 fully saturated rings. The first-order chi connectivity index (χ1) is 10.0. The summed E-state index contributed by atoms with van der Waals surface area (Å²) in [6, 6.07) is 9.97. The van der Waals surface area contributed by atoms with E-state index in [-0.39, 0.29) is 6.04 Å². The molecule has 118 valence electrons. The quantitative estimate of drug-likeness (QED) is 0.876. The predicted octanol–water partition coefficient (Wildman–Crippen LogP) is 4.28. The molecule has 1 aromatic carbocycles. The molecular weight excluding hydrogens is 256 g/mol. The van der Waals surface area contributed by atoms with Crippen LogP contribution in [0.4, 0.5) is 0 Å². The summed E-state index contributed by atoms with van der Waals surface area (Å²) < 4.78 is 0. The van der Waals surface area contributed by atoms with Gasteiger partial charge in [-0.1, -0.05) is 38.1 Å². The summed E-state index contributed by atoms with van der Waals surface area (Å²) in [5.74, 6) is 0.895. The second-order valence-electron chi connectivity index (χ2n) is 6.95. The number of aryl methyl sites for hydroxylation is 1. The Labute approximate surface area is 130 Å². The number of likely N-dealkylation sites (N-methyl/N-ethyl adjacent to an activating group) is 1. The van der Waals surface area contributed by atoms with Gasteiger partial charge in [-0.2, -0.15) is 0 Å². The molecule has 2 heteroatoms. The summed E-state index contributed by atoms with van der Waals surface area (Å²) in [6.07, 6.45) is 6.37. The van der Waals surface area contributed by atoms with Crippen molar-refractivity contribution in [1.82, 2.24) is 4.90 Å². The highest BCUT2D eigenvalue weighted by Gasteiger charge is 2.31. The third kappa shape index (κ3) is 3.87. The Bertz CT molecular complexity index is 435. The summed E-state index contributed by atoms with van der Waals surface area (Å²) >= 11 is 0. The molecule has 0 heterocycles. The molecule has 2 atom stereocenters. The summed E-state index contributed by atoms with van der Waals surface area (Å²) in [5.41, 5.74) is 9.28. The SMILES string of the molecule is CCC(N)C(c1ccccc1C)N(C)C1CCC(C)CC1. The first-order valence-corrected chi connectivity index (χ1v) is 8.57. The average molecular weight is 288 g/mol. The van der Waals surface area contributed by atoms with E-state index in [2.05, 4.69) is 57.0 Å². The van der Waals surface area contributed by atoms with Gasteiger partial charge in [-0.15, -0.1) is 0 Å². The van der Waals surface area contributed by atoms with Gasteiger partial charge in [-0.25, -0.2) is 0 Å². The van der Waals surface area contributed by atoms with E-state index in [1.54, 1.807) is 0 Å². The number of nitrogens with zero attached hydrogens (tertiary/aromatic N) is 1. The normalized spacial score (nSPS) is 25.8. The van der Waals surface area contributed by atoms with Gasteiger partial charge in [0.1, 0.15) is 0 Å². The molecule has 1 aromatic rings. The van der Waals surface area contributed by atoms with Crippen LogP contribution in [-0.4, -0.2) is 24.0 Å². The number of benzene rings is 1. The van der Waals surface area contributed by atoms with Crippen LogP contribution < -0.4 is 5.73 Å². The minimum Gasteiger partial charge on any atom is -0.326 e. The smallest absolute Gasteiger partial charge is 0.0501 e. The van der Waals surface area contributed by atoms with Crippen molar-refractivity contribution >= 4 is 0 Å². The number of nitrogens with two attached hydrogens (primary N) is 1. The van der Waals surface area contributed by atoms with Crippen LogP contribution in [0.3, 0.4) is 0 Å². The second-order valence-corrected chi connectivity index (χ2v) is 6.95. The fraction of sp³-hybridized carbons (Fsp3) is 0.684. The van der Waals surface area contributed by atoms with Crippen molar-refractivity contribution in [2.24, 2.45) is 11.7 Å². The zero-order valence-electron chi connectivity index (χ0n) is 14.2. The van der Waals surface area contributed by atoms with Gasteiger partial charge in [0, 0.05) is 12.1 Å². The molecule has 1 aliphatic rings. The lowest BCUT2D eigenvalue weighted by atomic mass is 9.84. The van der Waals surface area contributed by atoms with Crippen molar-refractivity contribution < 1.29 is 0 Å². The largest absolute Gasteiger partial charge is 0.326 e. The van der Waals surface area contributed by atoms with Gasteiger partial charge in [0.2, 0.25) is 0 Å². The van der Waals surface area contributed by atoms with E-state index < -0.39 is 0 Å². The molecule has 2 unspecified atom stereocenters. The van der Waals surface area contributed by atoms with E-state index in [1.807, 2.05) is 0 Å². The Kier molecular flexibility index (Phi) is 5.83. The zero-order chi connectivity index (χ0) is 15.4. The van der Waals surface area contributed by atoms with Gasteiger partial charge in [-0.05, 0) is 63.1 Å². The lowest BCUT2D eigenvalue weighted by Gasteiger charge is -2.41. The molecule has 0 bridgehead atoms. The fourth-order valence-corrected chi connectivity index (χ4v) is 3.77. The predicted molar refractivity (Wildman–Crippen MR) is 91.4 cm³/mol. The highest BCUT2D eigenvalue weighted by atomic mass is 15.2. The second kappa shape index (κ2) is 7.42. The van der Waals surface area contributed by atoms with Gasteiger partial charge in [0.15, 0.2) is 0 Å². The van der Waals surface area contributed by atoms with Crippen molar-refractivity contribution in [3.63, 3.8) is 0 Å². The van der Waals surface area contributed by atoms with Crippen LogP contribution in [0.15, 0.2) is 24.3 Å². The lowest BCUT2D eigenvalue weighted by Crippen LogP contribution is -2.45. The van der Waals surface area contributed by atoms with Crippen molar-refractivity contribution in [3.8, 4) is 0 Å². The van der Waals surface area contributed by atoms with Crippen molar-refractivity contribution in [2.45, 2.75) is 71.0 Å². The summed E-state index contributed by atoms with van der Waals surface area (Å²) in [7, 11) is 2.28. The van der Waals surface area contributed by atoms with Crippen molar-refractivity contribution in [2.75, 3.05) is 7.05 Å². The molecule has 1 aliphatic carbocycles.